The Hall–Kier alpha value is -3.43. The van der Waals surface area contributed by atoms with Gasteiger partial charge in [0.15, 0.2) is 5.78 Å². The van der Waals surface area contributed by atoms with Crippen molar-refractivity contribution in [2.45, 2.75) is 12.0 Å². The monoisotopic (exact) mass is 366 g/mol. The number of rotatable bonds is 2. The van der Waals surface area contributed by atoms with Crippen LogP contribution in [0, 0.1) is 0 Å². The van der Waals surface area contributed by atoms with Crippen molar-refractivity contribution in [2.24, 2.45) is 0 Å². The van der Waals surface area contributed by atoms with Crippen molar-refractivity contribution >= 4 is 16.6 Å². The summed E-state index contributed by atoms with van der Waals surface area (Å²) in [6.45, 7) is 0. The Labute approximate surface area is 162 Å². The van der Waals surface area contributed by atoms with Crippen molar-refractivity contribution in [2.75, 3.05) is 0 Å². The van der Waals surface area contributed by atoms with Crippen LogP contribution in [0.4, 0.5) is 0 Å². The summed E-state index contributed by atoms with van der Waals surface area (Å²) in [6.07, 6.45) is 0.330. The topological polar surface area (TPSA) is 57.5 Å². The third-order valence-electron chi connectivity index (χ3n) is 5.64. The zero-order valence-electron chi connectivity index (χ0n) is 15.1. The standard InChI is InChI=1S/C25H18O3/c26-18-12-13-19-16(14-18)6-5-7-17(19)15-25(28)22-10-3-1-8-20(22)24(27)21-9-2-4-11-23(21)25/h1-14,26,28H,15H2. The first-order valence-corrected chi connectivity index (χ1v) is 9.25. The van der Waals surface area contributed by atoms with E-state index in [-0.39, 0.29) is 11.5 Å². The lowest BCUT2D eigenvalue weighted by atomic mass is 9.71. The van der Waals surface area contributed by atoms with Crippen molar-refractivity contribution in [1.29, 1.82) is 0 Å². The van der Waals surface area contributed by atoms with E-state index in [2.05, 4.69) is 0 Å². The highest BCUT2D eigenvalue weighted by molar-refractivity contribution is 6.13. The van der Waals surface area contributed by atoms with Gasteiger partial charge in [0.05, 0.1) is 0 Å². The van der Waals surface area contributed by atoms with Crippen molar-refractivity contribution in [3.8, 4) is 5.75 Å². The Bertz CT molecular complexity index is 1190. The first-order valence-electron chi connectivity index (χ1n) is 9.25. The van der Waals surface area contributed by atoms with E-state index >= 15 is 0 Å². The fourth-order valence-corrected chi connectivity index (χ4v) is 4.33. The van der Waals surface area contributed by atoms with Gasteiger partial charge in [-0.15, -0.1) is 0 Å². The van der Waals surface area contributed by atoms with E-state index < -0.39 is 5.60 Å². The van der Waals surface area contributed by atoms with Crippen LogP contribution in [0.3, 0.4) is 0 Å². The van der Waals surface area contributed by atoms with E-state index in [1.54, 1.807) is 24.3 Å². The van der Waals surface area contributed by atoms with Crippen molar-refractivity contribution in [3.05, 3.63) is 113 Å². The molecule has 2 N–H and O–H groups in total. The molecule has 0 saturated carbocycles. The van der Waals surface area contributed by atoms with Gasteiger partial charge in [-0.3, -0.25) is 4.79 Å². The van der Waals surface area contributed by atoms with E-state index in [4.69, 9.17) is 0 Å². The van der Waals surface area contributed by atoms with Crippen LogP contribution in [-0.4, -0.2) is 16.0 Å². The zero-order chi connectivity index (χ0) is 19.3. The van der Waals surface area contributed by atoms with Crippen LogP contribution in [-0.2, 0) is 12.0 Å². The van der Waals surface area contributed by atoms with Gasteiger partial charge in [-0.1, -0.05) is 72.8 Å². The fourth-order valence-electron chi connectivity index (χ4n) is 4.33. The first kappa shape index (κ1) is 16.7. The quantitative estimate of drug-likeness (QED) is 0.546. The highest BCUT2D eigenvalue weighted by atomic mass is 16.3. The van der Waals surface area contributed by atoms with Crippen LogP contribution in [0.2, 0.25) is 0 Å². The molecule has 0 amide bonds. The molecule has 0 fully saturated rings. The predicted molar refractivity (Wildman–Crippen MR) is 109 cm³/mol. The molecule has 3 heteroatoms. The third kappa shape index (κ3) is 2.37. The Morgan fingerprint density at radius 1 is 0.750 bits per heavy atom. The van der Waals surface area contributed by atoms with Gasteiger partial charge in [-0.25, -0.2) is 0 Å². The molecule has 0 aliphatic heterocycles. The summed E-state index contributed by atoms with van der Waals surface area (Å²) in [6, 6.07) is 25.7. The lowest BCUT2D eigenvalue weighted by Crippen LogP contribution is -2.37. The molecular formula is C25H18O3. The first-order chi connectivity index (χ1) is 13.6. The fraction of sp³-hybridized carbons (Fsp3) is 0.0800. The number of aliphatic hydroxyl groups is 1. The van der Waals surface area contributed by atoms with Crippen LogP contribution in [0.5, 0.6) is 5.75 Å². The summed E-state index contributed by atoms with van der Waals surface area (Å²) in [5, 5.41) is 23.6. The Morgan fingerprint density at radius 3 is 2.07 bits per heavy atom. The maximum atomic E-state index is 13.0. The van der Waals surface area contributed by atoms with Crippen LogP contribution >= 0.6 is 0 Å². The number of aromatic hydroxyl groups is 1. The van der Waals surface area contributed by atoms with Crippen LogP contribution in [0.25, 0.3) is 10.8 Å². The molecule has 4 aromatic carbocycles. The number of phenols is 1. The number of phenolic OH excluding ortho intramolecular Hbond substituents is 1. The number of benzene rings is 4. The molecule has 0 unspecified atom stereocenters. The van der Waals surface area contributed by atoms with E-state index in [1.165, 1.54) is 0 Å². The lowest BCUT2D eigenvalue weighted by Gasteiger charge is -2.36. The maximum absolute atomic E-state index is 13.0. The van der Waals surface area contributed by atoms with E-state index in [9.17, 15) is 15.0 Å². The smallest absolute Gasteiger partial charge is 0.193 e. The minimum Gasteiger partial charge on any atom is -0.508 e. The second kappa shape index (κ2) is 6.04. The highest BCUT2D eigenvalue weighted by Crippen LogP contribution is 2.42. The summed E-state index contributed by atoms with van der Waals surface area (Å²) >= 11 is 0. The summed E-state index contributed by atoms with van der Waals surface area (Å²) in [4.78, 5) is 13.0. The van der Waals surface area contributed by atoms with Crippen molar-refractivity contribution in [1.82, 2.24) is 0 Å². The molecule has 0 heterocycles. The molecule has 0 saturated heterocycles. The average Bonchev–Trinajstić information content (AvgIpc) is 2.72. The van der Waals surface area contributed by atoms with Crippen LogP contribution in [0.15, 0.2) is 84.9 Å². The number of hydrogen-bond donors (Lipinski definition) is 2. The second-order valence-electron chi connectivity index (χ2n) is 7.28. The summed E-state index contributed by atoms with van der Waals surface area (Å²) in [7, 11) is 0. The highest BCUT2D eigenvalue weighted by Gasteiger charge is 2.42. The Balaban J connectivity index is 1.75. The molecule has 1 aliphatic rings. The molecule has 5 rings (SSSR count). The Kier molecular flexibility index (Phi) is 3.61. The molecule has 28 heavy (non-hydrogen) atoms. The van der Waals surface area contributed by atoms with E-state index in [1.807, 2.05) is 60.7 Å². The van der Waals surface area contributed by atoms with E-state index in [0.717, 1.165) is 16.3 Å². The molecule has 0 atom stereocenters. The second-order valence-corrected chi connectivity index (χ2v) is 7.28. The molecule has 1 aliphatic carbocycles. The molecule has 0 bridgehead atoms. The maximum Gasteiger partial charge on any atom is 0.193 e. The minimum absolute atomic E-state index is 0.0567. The molecule has 136 valence electrons. The molecule has 0 aromatic heterocycles. The molecule has 0 spiro atoms. The number of carbonyl (C=O) groups excluding carboxylic acids is 1. The van der Waals surface area contributed by atoms with Gasteiger partial charge < -0.3 is 10.2 Å². The molecule has 3 nitrogen and oxygen atoms in total. The zero-order valence-corrected chi connectivity index (χ0v) is 15.1. The minimum atomic E-state index is -1.31. The lowest BCUT2D eigenvalue weighted by molar-refractivity contribution is 0.0723. The number of ketones is 1. The van der Waals surface area contributed by atoms with Gasteiger partial charge in [-0.05, 0) is 39.6 Å². The van der Waals surface area contributed by atoms with Gasteiger partial charge in [0.25, 0.3) is 0 Å². The number of hydrogen-bond acceptors (Lipinski definition) is 3. The Morgan fingerprint density at radius 2 is 1.39 bits per heavy atom. The average molecular weight is 366 g/mol. The normalized spacial score (nSPS) is 14.5. The molecule has 0 radical (unpaired) electrons. The molecule has 4 aromatic rings. The van der Waals surface area contributed by atoms with E-state index in [0.29, 0.717) is 28.7 Å². The van der Waals surface area contributed by atoms with Crippen molar-refractivity contribution < 1.29 is 15.0 Å². The van der Waals surface area contributed by atoms with Gasteiger partial charge in [0.1, 0.15) is 11.4 Å². The number of carbonyl (C=O) groups is 1. The van der Waals surface area contributed by atoms with Crippen LogP contribution < -0.4 is 0 Å². The van der Waals surface area contributed by atoms with Gasteiger partial charge in [-0.2, -0.15) is 0 Å². The van der Waals surface area contributed by atoms with Crippen molar-refractivity contribution in [3.63, 3.8) is 0 Å². The van der Waals surface area contributed by atoms with Gasteiger partial charge >= 0.3 is 0 Å². The summed E-state index contributed by atoms with van der Waals surface area (Å²) in [5.41, 5.74) is 2.00. The van der Waals surface area contributed by atoms with Gasteiger partial charge in [0.2, 0.25) is 0 Å². The SMILES string of the molecule is O=C1c2ccccc2C(O)(Cc2cccc3cc(O)ccc23)c2ccccc21. The summed E-state index contributed by atoms with van der Waals surface area (Å²) in [5.74, 6) is 0.154. The summed E-state index contributed by atoms with van der Waals surface area (Å²) < 4.78 is 0. The third-order valence-corrected chi connectivity index (χ3v) is 5.64. The van der Waals surface area contributed by atoms with Crippen LogP contribution in [0.1, 0.15) is 32.6 Å². The number of fused-ring (bicyclic) bond motifs is 3. The van der Waals surface area contributed by atoms with Gasteiger partial charge in [0, 0.05) is 17.5 Å². The molecular weight excluding hydrogens is 348 g/mol. The predicted octanol–water partition coefficient (Wildman–Crippen LogP) is 4.57. The largest absolute Gasteiger partial charge is 0.508 e.